The van der Waals surface area contributed by atoms with Gasteiger partial charge in [0.2, 0.25) is 0 Å². The van der Waals surface area contributed by atoms with Crippen molar-refractivity contribution in [1.82, 2.24) is 9.97 Å². The average Bonchev–Trinajstić information content (AvgIpc) is 2.69. The van der Waals surface area contributed by atoms with Crippen molar-refractivity contribution in [3.8, 4) is 11.4 Å². The number of nitrogens with one attached hydrogen (secondary N) is 1. The summed E-state index contributed by atoms with van der Waals surface area (Å²) < 4.78 is 14.2. The Labute approximate surface area is 150 Å². The van der Waals surface area contributed by atoms with E-state index in [9.17, 15) is 4.39 Å². The van der Waals surface area contributed by atoms with Crippen molar-refractivity contribution < 1.29 is 4.39 Å². The molecular formula is C21H15FN4. The van der Waals surface area contributed by atoms with E-state index in [1.54, 1.807) is 24.4 Å². The quantitative estimate of drug-likeness (QED) is 0.425. The Balaban J connectivity index is 1.75. The largest absolute Gasteiger partial charge is 0.261 e. The summed E-state index contributed by atoms with van der Waals surface area (Å²) in [5.41, 5.74) is 5.00. The maximum absolute atomic E-state index is 14.2. The van der Waals surface area contributed by atoms with Crippen LogP contribution >= 0.6 is 0 Å². The van der Waals surface area contributed by atoms with Gasteiger partial charge >= 0.3 is 0 Å². The van der Waals surface area contributed by atoms with Crippen molar-refractivity contribution in [1.29, 1.82) is 0 Å². The topological polar surface area (TPSA) is 50.2 Å². The molecule has 0 amide bonds. The minimum Gasteiger partial charge on any atom is -0.261 e. The molecule has 0 aliphatic rings. The first-order chi connectivity index (χ1) is 12.8. The summed E-state index contributed by atoms with van der Waals surface area (Å²) in [5, 5.41) is 5.08. The van der Waals surface area contributed by atoms with Crippen LogP contribution < -0.4 is 5.43 Å². The second-order valence-corrected chi connectivity index (χ2v) is 5.67. The molecule has 0 saturated carbocycles. The average molecular weight is 342 g/mol. The summed E-state index contributed by atoms with van der Waals surface area (Å²) in [6, 6.07) is 23.8. The predicted molar refractivity (Wildman–Crippen MR) is 103 cm³/mol. The van der Waals surface area contributed by atoms with Gasteiger partial charge in [-0.05, 0) is 29.8 Å². The number of aromatic nitrogens is 2. The van der Waals surface area contributed by atoms with Crippen LogP contribution in [0.25, 0.3) is 22.3 Å². The van der Waals surface area contributed by atoms with Crippen LogP contribution in [0.1, 0.15) is 5.56 Å². The molecule has 0 saturated heterocycles. The third-order valence-corrected chi connectivity index (χ3v) is 3.90. The highest BCUT2D eigenvalue weighted by Crippen LogP contribution is 2.26. The summed E-state index contributed by atoms with van der Waals surface area (Å²) in [6.07, 6.45) is 1.71. The summed E-state index contributed by atoms with van der Waals surface area (Å²) in [7, 11) is 0. The Morgan fingerprint density at radius 1 is 0.808 bits per heavy atom. The Bertz CT molecular complexity index is 1080. The highest BCUT2D eigenvalue weighted by atomic mass is 19.1. The number of fused-ring (bicyclic) bond motifs is 1. The molecule has 0 aliphatic carbocycles. The third-order valence-electron chi connectivity index (χ3n) is 3.90. The van der Waals surface area contributed by atoms with Gasteiger partial charge in [0.15, 0.2) is 11.6 Å². The number of rotatable bonds is 4. The monoisotopic (exact) mass is 342 g/mol. The lowest BCUT2D eigenvalue weighted by Gasteiger charge is -2.08. The summed E-state index contributed by atoms with van der Waals surface area (Å²) in [5.74, 6) is 0.488. The zero-order chi connectivity index (χ0) is 17.8. The van der Waals surface area contributed by atoms with Crippen LogP contribution in [0, 0.1) is 5.82 Å². The first-order valence-electron chi connectivity index (χ1n) is 8.17. The second kappa shape index (κ2) is 7.11. The molecule has 5 heteroatoms. The molecule has 0 radical (unpaired) electrons. The zero-order valence-corrected chi connectivity index (χ0v) is 13.8. The number of anilines is 1. The molecule has 0 fully saturated rings. The zero-order valence-electron chi connectivity index (χ0n) is 13.8. The van der Waals surface area contributed by atoms with Gasteiger partial charge in [-0.1, -0.05) is 54.6 Å². The van der Waals surface area contributed by atoms with Crippen LogP contribution in [-0.4, -0.2) is 16.2 Å². The van der Waals surface area contributed by atoms with E-state index in [1.165, 1.54) is 6.07 Å². The van der Waals surface area contributed by atoms with Crippen LogP contribution in [0.5, 0.6) is 0 Å². The van der Waals surface area contributed by atoms with E-state index in [2.05, 4.69) is 20.5 Å². The summed E-state index contributed by atoms with van der Waals surface area (Å²) in [6.45, 7) is 0. The molecule has 3 aromatic carbocycles. The lowest BCUT2D eigenvalue weighted by molar-refractivity contribution is 0.630. The standard InChI is InChI=1S/C21H15FN4/c22-18-12-6-4-10-16(18)20-24-19-13-7-5-11-17(19)21(25-20)26-23-14-15-8-2-1-3-9-15/h1-14H,(H,24,25,26)/b23-14-. The maximum atomic E-state index is 14.2. The summed E-state index contributed by atoms with van der Waals surface area (Å²) >= 11 is 0. The molecule has 4 rings (SSSR count). The van der Waals surface area contributed by atoms with E-state index in [0.29, 0.717) is 17.2 Å². The predicted octanol–water partition coefficient (Wildman–Crippen LogP) is 4.88. The van der Waals surface area contributed by atoms with Crippen LogP contribution in [0.3, 0.4) is 0 Å². The molecule has 1 N–H and O–H groups in total. The van der Waals surface area contributed by atoms with Crippen LogP contribution in [0.4, 0.5) is 10.2 Å². The first-order valence-corrected chi connectivity index (χ1v) is 8.17. The van der Waals surface area contributed by atoms with Crippen LogP contribution in [0.2, 0.25) is 0 Å². The van der Waals surface area contributed by atoms with Gasteiger partial charge in [-0.25, -0.2) is 14.4 Å². The van der Waals surface area contributed by atoms with Crippen molar-refractivity contribution in [3.05, 3.63) is 90.2 Å². The van der Waals surface area contributed by atoms with Crippen molar-refractivity contribution in [2.24, 2.45) is 5.10 Å². The van der Waals surface area contributed by atoms with Crippen molar-refractivity contribution in [2.45, 2.75) is 0 Å². The smallest absolute Gasteiger partial charge is 0.165 e. The molecule has 0 aliphatic heterocycles. The number of hydrazone groups is 1. The van der Waals surface area contributed by atoms with E-state index < -0.39 is 0 Å². The number of benzene rings is 3. The Morgan fingerprint density at radius 3 is 2.38 bits per heavy atom. The minimum atomic E-state index is -0.360. The molecule has 0 unspecified atom stereocenters. The fourth-order valence-electron chi connectivity index (χ4n) is 2.63. The molecular weight excluding hydrogens is 327 g/mol. The van der Waals surface area contributed by atoms with Gasteiger partial charge in [0.1, 0.15) is 5.82 Å². The highest BCUT2D eigenvalue weighted by Gasteiger charge is 2.11. The van der Waals surface area contributed by atoms with Gasteiger partial charge in [-0.3, -0.25) is 5.43 Å². The number of para-hydroxylation sites is 1. The number of hydrogen-bond acceptors (Lipinski definition) is 4. The van der Waals surface area contributed by atoms with Gasteiger partial charge in [-0.2, -0.15) is 5.10 Å². The molecule has 26 heavy (non-hydrogen) atoms. The van der Waals surface area contributed by atoms with E-state index >= 15 is 0 Å². The van der Waals surface area contributed by atoms with Crippen molar-refractivity contribution in [3.63, 3.8) is 0 Å². The van der Waals surface area contributed by atoms with Crippen LogP contribution in [-0.2, 0) is 0 Å². The van der Waals surface area contributed by atoms with E-state index in [1.807, 2.05) is 54.6 Å². The molecule has 0 bridgehead atoms. The Morgan fingerprint density at radius 2 is 1.54 bits per heavy atom. The lowest BCUT2D eigenvalue weighted by atomic mass is 10.1. The first kappa shape index (κ1) is 15.9. The maximum Gasteiger partial charge on any atom is 0.165 e. The number of hydrogen-bond donors (Lipinski definition) is 1. The molecule has 0 spiro atoms. The third kappa shape index (κ3) is 3.28. The fourth-order valence-corrected chi connectivity index (χ4v) is 2.63. The second-order valence-electron chi connectivity index (χ2n) is 5.67. The lowest BCUT2D eigenvalue weighted by Crippen LogP contribution is -2.00. The van der Waals surface area contributed by atoms with Crippen LogP contribution in [0.15, 0.2) is 84.0 Å². The van der Waals surface area contributed by atoms with E-state index in [0.717, 1.165) is 16.5 Å². The normalized spacial score (nSPS) is 11.1. The SMILES string of the molecule is Fc1ccccc1-c1nc(N/N=C\c2ccccc2)c2ccccc2n1. The van der Waals surface area contributed by atoms with E-state index in [4.69, 9.17) is 0 Å². The van der Waals surface area contributed by atoms with Crippen molar-refractivity contribution in [2.75, 3.05) is 5.43 Å². The van der Waals surface area contributed by atoms with Gasteiger partial charge in [0.25, 0.3) is 0 Å². The Hall–Kier alpha value is -3.60. The molecule has 1 heterocycles. The highest BCUT2D eigenvalue weighted by molar-refractivity contribution is 5.91. The molecule has 4 aromatic rings. The van der Waals surface area contributed by atoms with E-state index in [-0.39, 0.29) is 5.82 Å². The number of halogens is 1. The van der Waals surface area contributed by atoms with Gasteiger partial charge < -0.3 is 0 Å². The molecule has 1 aromatic heterocycles. The van der Waals surface area contributed by atoms with Gasteiger partial charge in [-0.15, -0.1) is 0 Å². The fraction of sp³-hybridized carbons (Fsp3) is 0. The molecule has 4 nitrogen and oxygen atoms in total. The number of nitrogens with zero attached hydrogens (tertiary/aromatic N) is 3. The minimum absolute atomic E-state index is 0.319. The molecule has 126 valence electrons. The molecule has 0 atom stereocenters. The van der Waals surface area contributed by atoms with Gasteiger partial charge in [0.05, 0.1) is 17.3 Å². The van der Waals surface area contributed by atoms with Crippen molar-refractivity contribution >= 4 is 22.9 Å². The Kier molecular flexibility index (Phi) is 4.35. The van der Waals surface area contributed by atoms with Gasteiger partial charge in [0, 0.05) is 5.39 Å². The summed E-state index contributed by atoms with van der Waals surface area (Å²) in [4.78, 5) is 8.98.